The van der Waals surface area contributed by atoms with Gasteiger partial charge in [0.15, 0.2) is 9.84 Å². The first-order chi connectivity index (χ1) is 14.3. The highest BCUT2D eigenvalue weighted by atomic mass is 32.2. The second kappa shape index (κ2) is 8.57. The molecule has 1 aromatic rings. The lowest BCUT2D eigenvalue weighted by Gasteiger charge is -2.40. The van der Waals surface area contributed by atoms with Gasteiger partial charge in [0.2, 0.25) is 15.9 Å². The lowest BCUT2D eigenvalue weighted by molar-refractivity contribution is -0.138. The van der Waals surface area contributed by atoms with Crippen molar-refractivity contribution in [2.75, 3.05) is 50.8 Å². The molecule has 166 valence electrons. The van der Waals surface area contributed by atoms with Crippen LogP contribution in [0, 0.1) is 5.92 Å². The third-order valence-corrected chi connectivity index (χ3v) is 10.1. The zero-order chi connectivity index (χ0) is 21.4. The molecule has 1 amide bonds. The molecule has 0 spiro atoms. The number of benzene rings is 1. The Labute approximate surface area is 178 Å². The van der Waals surface area contributed by atoms with Crippen molar-refractivity contribution in [2.24, 2.45) is 5.92 Å². The molecule has 8 nitrogen and oxygen atoms in total. The van der Waals surface area contributed by atoms with E-state index in [0.717, 1.165) is 0 Å². The van der Waals surface area contributed by atoms with Gasteiger partial charge in [-0.05, 0) is 31.4 Å². The summed E-state index contributed by atoms with van der Waals surface area (Å²) in [5.41, 5.74) is 0. The van der Waals surface area contributed by atoms with Gasteiger partial charge < -0.3 is 4.90 Å². The minimum atomic E-state index is -3.59. The Kier molecular flexibility index (Phi) is 6.20. The summed E-state index contributed by atoms with van der Waals surface area (Å²) in [6, 6.07) is 8.42. The molecule has 0 aliphatic carbocycles. The van der Waals surface area contributed by atoms with Crippen molar-refractivity contribution in [3.8, 4) is 0 Å². The fourth-order valence-corrected chi connectivity index (χ4v) is 8.04. The number of carbonyl (C=O) groups excluding carboxylic acids is 1. The molecule has 0 N–H and O–H groups in total. The molecule has 0 radical (unpaired) electrons. The van der Waals surface area contributed by atoms with E-state index < -0.39 is 19.9 Å². The fraction of sp³-hybridized carbons (Fsp3) is 0.650. The van der Waals surface area contributed by atoms with E-state index in [1.54, 1.807) is 30.3 Å². The Balaban J connectivity index is 1.35. The van der Waals surface area contributed by atoms with Crippen LogP contribution in [0.2, 0.25) is 0 Å². The van der Waals surface area contributed by atoms with Crippen LogP contribution in [0.15, 0.2) is 35.2 Å². The summed E-state index contributed by atoms with van der Waals surface area (Å²) in [4.78, 5) is 17.4. The highest BCUT2D eigenvalue weighted by molar-refractivity contribution is 7.91. The number of hydrogen-bond acceptors (Lipinski definition) is 6. The Morgan fingerprint density at radius 1 is 0.967 bits per heavy atom. The second-order valence-corrected chi connectivity index (χ2v) is 12.6. The first-order valence-electron chi connectivity index (χ1n) is 10.5. The smallest absolute Gasteiger partial charge is 0.243 e. The Hall–Kier alpha value is -1.49. The normalized spacial score (nSPS) is 28.5. The van der Waals surface area contributed by atoms with Crippen LogP contribution >= 0.6 is 0 Å². The summed E-state index contributed by atoms with van der Waals surface area (Å²) < 4.78 is 50.7. The molecule has 0 aromatic heterocycles. The third-order valence-electron chi connectivity index (χ3n) is 6.47. The van der Waals surface area contributed by atoms with Crippen molar-refractivity contribution in [2.45, 2.75) is 30.2 Å². The zero-order valence-corrected chi connectivity index (χ0v) is 18.7. The van der Waals surface area contributed by atoms with Gasteiger partial charge in [0.25, 0.3) is 0 Å². The summed E-state index contributed by atoms with van der Waals surface area (Å²) in [6.07, 6.45) is 2.04. The molecule has 2 atom stereocenters. The van der Waals surface area contributed by atoms with E-state index in [-0.39, 0.29) is 40.8 Å². The van der Waals surface area contributed by atoms with Crippen molar-refractivity contribution < 1.29 is 21.6 Å². The van der Waals surface area contributed by atoms with E-state index in [9.17, 15) is 21.6 Å². The number of amides is 1. The van der Waals surface area contributed by atoms with Gasteiger partial charge in [0, 0.05) is 45.3 Å². The monoisotopic (exact) mass is 455 g/mol. The van der Waals surface area contributed by atoms with E-state index in [0.29, 0.717) is 52.0 Å². The van der Waals surface area contributed by atoms with Gasteiger partial charge in [-0.3, -0.25) is 9.69 Å². The molecule has 3 fully saturated rings. The first-order valence-corrected chi connectivity index (χ1v) is 13.8. The molecule has 0 saturated carbocycles. The van der Waals surface area contributed by atoms with Crippen molar-refractivity contribution in [3.05, 3.63) is 30.3 Å². The molecule has 0 unspecified atom stereocenters. The van der Waals surface area contributed by atoms with Gasteiger partial charge in [-0.25, -0.2) is 16.8 Å². The summed E-state index contributed by atoms with van der Waals surface area (Å²) >= 11 is 0. The van der Waals surface area contributed by atoms with E-state index in [1.807, 2.05) is 4.90 Å². The molecule has 3 saturated heterocycles. The number of hydrogen-bond donors (Lipinski definition) is 0. The van der Waals surface area contributed by atoms with Crippen molar-refractivity contribution in [3.63, 3.8) is 0 Å². The predicted octanol–water partition coefficient (Wildman–Crippen LogP) is 0.419. The Morgan fingerprint density at radius 2 is 1.67 bits per heavy atom. The average molecular weight is 456 g/mol. The highest BCUT2D eigenvalue weighted by Crippen LogP contribution is 2.26. The van der Waals surface area contributed by atoms with Gasteiger partial charge in [-0.2, -0.15) is 4.31 Å². The molecule has 3 aliphatic rings. The second-order valence-electron chi connectivity index (χ2n) is 8.43. The Morgan fingerprint density at radius 3 is 2.30 bits per heavy atom. The molecular weight excluding hydrogens is 426 g/mol. The van der Waals surface area contributed by atoms with Crippen LogP contribution in [-0.2, 0) is 24.7 Å². The van der Waals surface area contributed by atoms with Crippen LogP contribution in [0.1, 0.15) is 19.3 Å². The molecule has 0 bridgehead atoms. The van der Waals surface area contributed by atoms with Crippen molar-refractivity contribution >= 4 is 25.8 Å². The minimum absolute atomic E-state index is 0.0154. The number of piperidine rings is 1. The van der Waals surface area contributed by atoms with Crippen LogP contribution in [-0.4, -0.2) is 93.7 Å². The molecule has 1 aromatic carbocycles. The average Bonchev–Trinajstić information content (AvgIpc) is 3.14. The number of sulfonamides is 1. The standard InChI is InChI=1S/C20H29N3O5S2/c24-20(22-12-10-21(11-13-22)18-8-14-29(25,26)16-18)17-5-4-9-23(15-17)30(27,28)19-6-2-1-3-7-19/h1-3,6-7,17-18H,4-5,8-16H2/t17-,18+/m1/s1. The topological polar surface area (TPSA) is 95.1 Å². The van der Waals surface area contributed by atoms with Gasteiger partial charge in [-0.15, -0.1) is 0 Å². The Bertz CT molecular complexity index is 973. The van der Waals surface area contributed by atoms with E-state index in [1.165, 1.54) is 4.31 Å². The molecule has 3 aliphatic heterocycles. The van der Waals surface area contributed by atoms with Gasteiger partial charge in [0.05, 0.1) is 22.3 Å². The SMILES string of the molecule is O=C([C@@H]1CCCN(S(=O)(=O)c2ccccc2)C1)N1CCN([C@H]2CCS(=O)(=O)C2)CC1. The van der Waals surface area contributed by atoms with Crippen molar-refractivity contribution in [1.82, 2.24) is 14.1 Å². The lowest BCUT2D eigenvalue weighted by Crippen LogP contribution is -2.55. The number of rotatable bonds is 4. The van der Waals surface area contributed by atoms with Crippen LogP contribution < -0.4 is 0 Å². The predicted molar refractivity (Wildman–Crippen MR) is 113 cm³/mol. The first kappa shape index (κ1) is 21.7. The summed E-state index contributed by atoms with van der Waals surface area (Å²) in [5.74, 6) is 0.165. The number of sulfone groups is 1. The van der Waals surface area contributed by atoms with Crippen LogP contribution in [0.5, 0.6) is 0 Å². The van der Waals surface area contributed by atoms with Crippen molar-refractivity contribution in [1.29, 1.82) is 0 Å². The number of piperazine rings is 1. The number of carbonyl (C=O) groups is 1. The van der Waals surface area contributed by atoms with E-state index in [2.05, 4.69) is 4.90 Å². The fourth-order valence-electron chi connectivity index (χ4n) is 4.73. The number of nitrogens with zero attached hydrogens (tertiary/aromatic N) is 3. The molecule has 4 rings (SSSR count). The van der Waals surface area contributed by atoms with Crippen LogP contribution in [0.3, 0.4) is 0 Å². The molecule has 10 heteroatoms. The van der Waals surface area contributed by atoms with Crippen LogP contribution in [0.25, 0.3) is 0 Å². The van der Waals surface area contributed by atoms with Gasteiger partial charge in [0.1, 0.15) is 0 Å². The quantitative estimate of drug-likeness (QED) is 0.653. The summed E-state index contributed by atoms with van der Waals surface area (Å²) in [5, 5.41) is 0. The van der Waals surface area contributed by atoms with Gasteiger partial charge >= 0.3 is 0 Å². The maximum absolute atomic E-state index is 13.1. The highest BCUT2D eigenvalue weighted by Gasteiger charge is 2.38. The minimum Gasteiger partial charge on any atom is -0.340 e. The summed E-state index contributed by atoms with van der Waals surface area (Å²) in [7, 11) is -6.51. The maximum Gasteiger partial charge on any atom is 0.243 e. The van der Waals surface area contributed by atoms with E-state index >= 15 is 0 Å². The lowest BCUT2D eigenvalue weighted by atomic mass is 9.97. The zero-order valence-electron chi connectivity index (χ0n) is 17.0. The van der Waals surface area contributed by atoms with Crippen LogP contribution in [0.4, 0.5) is 0 Å². The molecule has 30 heavy (non-hydrogen) atoms. The van der Waals surface area contributed by atoms with E-state index in [4.69, 9.17) is 0 Å². The molecule has 3 heterocycles. The third kappa shape index (κ3) is 4.56. The maximum atomic E-state index is 13.1. The molecular formula is C20H29N3O5S2. The largest absolute Gasteiger partial charge is 0.340 e. The summed E-state index contributed by atoms with van der Waals surface area (Å²) in [6.45, 7) is 3.13. The van der Waals surface area contributed by atoms with Gasteiger partial charge in [-0.1, -0.05) is 18.2 Å².